The molecule has 3 nitrogen and oxygen atoms in total. The highest BCUT2D eigenvalue weighted by Gasteiger charge is 2.26. The van der Waals surface area contributed by atoms with Gasteiger partial charge in [-0.05, 0) is 31.9 Å². The second-order valence-corrected chi connectivity index (χ2v) is 6.73. The average Bonchev–Trinajstić information content (AvgIpc) is 2.33. The van der Waals surface area contributed by atoms with Crippen LogP contribution in [0, 0.1) is 6.92 Å². The second kappa shape index (κ2) is 5.08. The highest BCUT2D eigenvalue weighted by Crippen LogP contribution is 2.25. The van der Waals surface area contributed by atoms with Crippen LogP contribution in [-0.4, -0.2) is 13.7 Å². The molecule has 0 amide bonds. The molecule has 0 spiro atoms. The number of sulfonamides is 1. The van der Waals surface area contributed by atoms with Crippen LogP contribution in [-0.2, 0) is 10.0 Å². The van der Waals surface area contributed by atoms with Crippen LogP contribution in [0.5, 0.6) is 0 Å². The number of hydrogen-bond donors (Lipinski definition) is 1. The maximum Gasteiger partial charge on any atom is 0.235 e. The summed E-state index contributed by atoms with van der Waals surface area (Å²) in [4.78, 5) is 0. The van der Waals surface area contributed by atoms with E-state index in [4.69, 9.17) is 0 Å². The molecule has 1 saturated carbocycles. The summed E-state index contributed by atoms with van der Waals surface area (Å²) >= 11 is 0. The molecule has 0 aromatic heterocycles. The first-order valence-corrected chi connectivity index (χ1v) is 7.71. The molecule has 17 heavy (non-hydrogen) atoms. The summed E-state index contributed by atoms with van der Waals surface area (Å²) < 4.78 is 26.9. The second-order valence-electron chi connectivity index (χ2n) is 4.77. The lowest BCUT2D eigenvalue weighted by atomic mass is 10.0. The van der Waals surface area contributed by atoms with Gasteiger partial charge < -0.3 is 0 Å². The van der Waals surface area contributed by atoms with Crippen molar-refractivity contribution < 1.29 is 8.42 Å². The monoisotopic (exact) mass is 253 g/mol. The van der Waals surface area contributed by atoms with Gasteiger partial charge in [0.1, 0.15) is 0 Å². The fraction of sp³-hybridized carbons (Fsp3) is 0.538. The number of benzene rings is 1. The van der Waals surface area contributed by atoms with E-state index in [1.165, 1.54) is 0 Å². The van der Waals surface area contributed by atoms with E-state index in [1.807, 2.05) is 31.2 Å². The Morgan fingerprint density at radius 1 is 1.06 bits per heavy atom. The number of hydrogen-bond acceptors (Lipinski definition) is 2. The van der Waals surface area contributed by atoms with Crippen LogP contribution in [0.25, 0.3) is 0 Å². The van der Waals surface area contributed by atoms with Gasteiger partial charge in [-0.25, -0.2) is 8.42 Å². The summed E-state index contributed by atoms with van der Waals surface area (Å²) in [6, 6.07) is 7.46. The molecule has 94 valence electrons. The van der Waals surface area contributed by atoms with Gasteiger partial charge in [0.05, 0.1) is 5.25 Å². The average molecular weight is 253 g/mol. The van der Waals surface area contributed by atoms with E-state index in [0.717, 1.165) is 37.7 Å². The minimum atomic E-state index is -3.20. The van der Waals surface area contributed by atoms with Crippen molar-refractivity contribution in [2.45, 2.75) is 44.3 Å². The predicted octanol–water partition coefficient (Wildman–Crippen LogP) is 3.07. The third-order valence-corrected chi connectivity index (χ3v) is 5.17. The summed E-state index contributed by atoms with van der Waals surface area (Å²) in [7, 11) is -3.20. The summed E-state index contributed by atoms with van der Waals surface area (Å²) in [5, 5.41) is -0.211. The Labute approximate surface area is 103 Å². The van der Waals surface area contributed by atoms with Gasteiger partial charge in [0, 0.05) is 5.69 Å². The van der Waals surface area contributed by atoms with Gasteiger partial charge in [0.25, 0.3) is 0 Å². The van der Waals surface area contributed by atoms with Gasteiger partial charge >= 0.3 is 0 Å². The van der Waals surface area contributed by atoms with Crippen molar-refractivity contribution in [2.75, 3.05) is 4.72 Å². The zero-order valence-corrected chi connectivity index (χ0v) is 11.0. The van der Waals surface area contributed by atoms with Gasteiger partial charge in [-0.3, -0.25) is 4.72 Å². The van der Waals surface area contributed by atoms with Gasteiger partial charge in [0.2, 0.25) is 10.0 Å². The molecule has 0 saturated heterocycles. The van der Waals surface area contributed by atoms with Crippen LogP contribution in [0.4, 0.5) is 5.69 Å². The lowest BCUT2D eigenvalue weighted by Crippen LogP contribution is -2.29. The number of rotatable bonds is 3. The Kier molecular flexibility index (Phi) is 3.72. The third-order valence-electron chi connectivity index (χ3n) is 3.30. The molecule has 0 bridgehead atoms. The first kappa shape index (κ1) is 12.4. The van der Waals surface area contributed by atoms with E-state index in [9.17, 15) is 8.42 Å². The molecule has 0 heterocycles. The van der Waals surface area contributed by atoms with Crippen molar-refractivity contribution in [1.82, 2.24) is 0 Å². The fourth-order valence-electron chi connectivity index (χ4n) is 2.24. The van der Waals surface area contributed by atoms with Crippen molar-refractivity contribution >= 4 is 15.7 Å². The minimum absolute atomic E-state index is 0.211. The van der Waals surface area contributed by atoms with E-state index >= 15 is 0 Å². The predicted molar refractivity (Wildman–Crippen MR) is 70.6 cm³/mol. The van der Waals surface area contributed by atoms with Crippen molar-refractivity contribution in [3.63, 3.8) is 0 Å². The quantitative estimate of drug-likeness (QED) is 0.899. The molecule has 1 fully saturated rings. The standard InChI is InChI=1S/C13H19NO2S/c1-11-7-9-12(10-8-11)14-17(15,16)13-5-3-2-4-6-13/h7-10,13-14H,2-6H2,1H3. The highest BCUT2D eigenvalue weighted by molar-refractivity contribution is 7.93. The van der Waals surface area contributed by atoms with Gasteiger partial charge in [0.15, 0.2) is 0 Å². The van der Waals surface area contributed by atoms with Gasteiger partial charge in [-0.1, -0.05) is 37.0 Å². The van der Waals surface area contributed by atoms with Crippen molar-refractivity contribution in [1.29, 1.82) is 0 Å². The van der Waals surface area contributed by atoms with Crippen LogP contribution < -0.4 is 4.72 Å². The van der Waals surface area contributed by atoms with Crippen molar-refractivity contribution in [3.8, 4) is 0 Å². The zero-order valence-electron chi connectivity index (χ0n) is 10.1. The van der Waals surface area contributed by atoms with E-state index in [0.29, 0.717) is 5.69 Å². The Morgan fingerprint density at radius 2 is 1.65 bits per heavy atom. The fourth-order valence-corrected chi connectivity index (χ4v) is 3.83. The van der Waals surface area contributed by atoms with Crippen LogP contribution in [0.1, 0.15) is 37.7 Å². The van der Waals surface area contributed by atoms with Crippen LogP contribution >= 0.6 is 0 Å². The Balaban J connectivity index is 2.08. The third kappa shape index (κ3) is 3.22. The topological polar surface area (TPSA) is 46.2 Å². The summed E-state index contributed by atoms with van der Waals surface area (Å²) in [6.45, 7) is 1.99. The molecule has 2 rings (SSSR count). The molecule has 1 aromatic rings. The summed E-state index contributed by atoms with van der Waals surface area (Å²) in [5.41, 5.74) is 1.80. The lowest BCUT2D eigenvalue weighted by molar-refractivity contribution is 0.486. The molecule has 4 heteroatoms. The number of aryl methyl sites for hydroxylation is 1. The van der Waals surface area contributed by atoms with Crippen LogP contribution in [0.15, 0.2) is 24.3 Å². The van der Waals surface area contributed by atoms with Gasteiger partial charge in [-0.2, -0.15) is 0 Å². The largest absolute Gasteiger partial charge is 0.283 e. The first-order chi connectivity index (χ1) is 8.08. The number of nitrogens with one attached hydrogen (secondary N) is 1. The first-order valence-electron chi connectivity index (χ1n) is 6.16. The maximum absolute atomic E-state index is 12.1. The summed E-state index contributed by atoms with van der Waals surface area (Å²) in [5.74, 6) is 0. The van der Waals surface area contributed by atoms with E-state index in [-0.39, 0.29) is 5.25 Å². The smallest absolute Gasteiger partial charge is 0.235 e. The molecule has 1 aliphatic rings. The summed E-state index contributed by atoms with van der Waals surface area (Å²) in [6.07, 6.45) is 4.80. The molecular formula is C13H19NO2S. The molecule has 1 aliphatic carbocycles. The molecule has 0 radical (unpaired) electrons. The Morgan fingerprint density at radius 3 is 2.24 bits per heavy atom. The molecule has 0 atom stereocenters. The zero-order chi connectivity index (χ0) is 12.3. The highest BCUT2D eigenvalue weighted by atomic mass is 32.2. The van der Waals surface area contributed by atoms with Crippen molar-refractivity contribution in [2.24, 2.45) is 0 Å². The Bertz CT molecular complexity index is 459. The Hall–Kier alpha value is -1.03. The molecular weight excluding hydrogens is 234 g/mol. The van der Waals surface area contributed by atoms with E-state index in [1.54, 1.807) is 0 Å². The molecule has 1 aromatic carbocycles. The minimum Gasteiger partial charge on any atom is -0.283 e. The molecule has 0 aliphatic heterocycles. The van der Waals surface area contributed by atoms with Crippen molar-refractivity contribution in [3.05, 3.63) is 29.8 Å². The maximum atomic E-state index is 12.1. The number of anilines is 1. The van der Waals surface area contributed by atoms with Gasteiger partial charge in [-0.15, -0.1) is 0 Å². The lowest BCUT2D eigenvalue weighted by Gasteiger charge is -2.22. The van der Waals surface area contributed by atoms with Crippen LogP contribution in [0.2, 0.25) is 0 Å². The SMILES string of the molecule is Cc1ccc(NS(=O)(=O)C2CCCCC2)cc1. The van der Waals surface area contributed by atoms with Crippen LogP contribution in [0.3, 0.4) is 0 Å². The van der Waals surface area contributed by atoms with E-state index < -0.39 is 10.0 Å². The van der Waals surface area contributed by atoms with E-state index in [2.05, 4.69) is 4.72 Å². The molecule has 0 unspecified atom stereocenters. The molecule has 1 N–H and O–H groups in total. The normalized spacial score (nSPS) is 17.9.